The number of benzene rings is 2. The normalized spacial score (nSPS) is 19.8. The summed E-state index contributed by atoms with van der Waals surface area (Å²) in [5.41, 5.74) is 3.92. The topological polar surface area (TPSA) is 99.8 Å². The lowest BCUT2D eigenvalue weighted by Crippen LogP contribution is -2.31. The van der Waals surface area contributed by atoms with Gasteiger partial charge in [0.2, 0.25) is 0 Å². The first-order valence-electron chi connectivity index (χ1n) is 10.6. The van der Waals surface area contributed by atoms with Gasteiger partial charge in [-0.1, -0.05) is 36.1 Å². The SMILES string of the molecule is C[C@H](O)c1nccn1[C@@H](C#Cc1ccc(-c2ccc(N[C@@H]3COC[C@H]3O)cc2)cc1)CO. The highest BCUT2D eigenvalue weighted by Crippen LogP contribution is 2.23. The Hall–Kier alpha value is -3.15. The van der Waals surface area contributed by atoms with E-state index in [0.29, 0.717) is 19.0 Å². The predicted octanol–water partition coefficient (Wildman–Crippen LogP) is 2.36. The van der Waals surface area contributed by atoms with Gasteiger partial charge in [0.1, 0.15) is 18.0 Å². The minimum absolute atomic E-state index is 0.0829. The Morgan fingerprint density at radius 2 is 1.81 bits per heavy atom. The van der Waals surface area contributed by atoms with Crippen LogP contribution in [0.1, 0.15) is 30.5 Å². The average molecular weight is 434 g/mol. The summed E-state index contributed by atoms with van der Waals surface area (Å²) in [6.07, 6.45) is 2.07. The third-order valence-corrected chi connectivity index (χ3v) is 5.47. The second-order valence-electron chi connectivity index (χ2n) is 7.85. The van der Waals surface area contributed by atoms with Gasteiger partial charge in [-0.15, -0.1) is 0 Å². The number of rotatable bonds is 6. The predicted molar refractivity (Wildman–Crippen MR) is 122 cm³/mol. The lowest BCUT2D eigenvalue weighted by atomic mass is 10.0. The van der Waals surface area contributed by atoms with E-state index in [4.69, 9.17) is 4.74 Å². The molecule has 7 heteroatoms. The Bertz CT molecular complexity index is 1080. The molecule has 3 aromatic rings. The zero-order chi connectivity index (χ0) is 22.5. The van der Waals surface area contributed by atoms with Gasteiger partial charge in [0.05, 0.1) is 32.0 Å². The lowest BCUT2D eigenvalue weighted by molar-refractivity contribution is 0.125. The molecular weight excluding hydrogens is 406 g/mol. The van der Waals surface area contributed by atoms with E-state index in [2.05, 4.69) is 22.1 Å². The molecule has 32 heavy (non-hydrogen) atoms. The Balaban J connectivity index is 1.44. The van der Waals surface area contributed by atoms with Gasteiger partial charge in [-0.2, -0.15) is 0 Å². The Labute approximate surface area is 187 Å². The fourth-order valence-corrected chi connectivity index (χ4v) is 3.68. The van der Waals surface area contributed by atoms with Crippen LogP contribution >= 0.6 is 0 Å². The molecule has 2 heterocycles. The molecule has 1 saturated heterocycles. The minimum atomic E-state index is -0.738. The van der Waals surface area contributed by atoms with Crippen molar-refractivity contribution in [3.8, 4) is 23.0 Å². The molecular formula is C25H27N3O4. The van der Waals surface area contributed by atoms with Crippen LogP contribution in [0.3, 0.4) is 0 Å². The number of nitrogens with zero attached hydrogens (tertiary/aromatic N) is 2. The molecule has 2 aromatic carbocycles. The summed E-state index contributed by atoms with van der Waals surface area (Å²) in [4.78, 5) is 4.13. The van der Waals surface area contributed by atoms with Crippen molar-refractivity contribution in [3.05, 3.63) is 72.3 Å². The maximum Gasteiger partial charge on any atom is 0.138 e. The fourth-order valence-electron chi connectivity index (χ4n) is 3.68. The Morgan fingerprint density at radius 1 is 1.12 bits per heavy atom. The number of aliphatic hydroxyl groups is 3. The van der Waals surface area contributed by atoms with Gasteiger partial charge in [-0.05, 0) is 42.3 Å². The quantitative estimate of drug-likeness (QED) is 0.446. The largest absolute Gasteiger partial charge is 0.393 e. The highest BCUT2D eigenvalue weighted by atomic mass is 16.5. The molecule has 4 atom stereocenters. The average Bonchev–Trinajstić information content (AvgIpc) is 3.45. The number of hydrogen-bond donors (Lipinski definition) is 4. The number of hydrogen-bond acceptors (Lipinski definition) is 6. The zero-order valence-electron chi connectivity index (χ0n) is 17.8. The van der Waals surface area contributed by atoms with Gasteiger partial charge < -0.3 is 29.9 Å². The van der Waals surface area contributed by atoms with Crippen molar-refractivity contribution in [3.63, 3.8) is 0 Å². The first-order chi connectivity index (χ1) is 15.5. The second-order valence-corrected chi connectivity index (χ2v) is 7.85. The van der Waals surface area contributed by atoms with E-state index in [9.17, 15) is 15.3 Å². The fraction of sp³-hybridized carbons (Fsp3) is 0.320. The summed E-state index contributed by atoms with van der Waals surface area (Å²) >= 11 is 0. The number of imidazole rings is 1. The van der Waals surface area contributed by atoms with Crippen molar-refractivity contribution in [1.82, 2.24) is 9.55 Å². The monoisotopic (exact) mass is 433 g/mol. The Kier molecular flexibility index (Phi) is 6.88. The number of aromatic nitrogens is 2. The number of ether oxygens (including phenoxy) is 1. The maximum atomic E-state index is 9.87. The number of anilines is 1. The number of nitrogens with one attached hydrogen (secondary N) is 1. The molecule has 0 bridgehead atoms. The molecule has 0 saturated carbocycles. The molecule has 1 aromatic heterocycles. The van der Waals surface area contributed by atoms with Crippen LogP contribution in [0, 0.1) is 11.8 Å². The van der Waals surface area contributed by atoms with Crippen molar-refractivity contribution in [2.45, 2.75) is 31.2 Å². The highest BCUT2D eigenvalue weighted by Gasteiger charge is 2.25. The van der Waals surface area contributed by atoms with Crippen molar-refractivity contribution in [1.29, 1.82) is 0 Å². The molecule has 166 valence electrons. The summed E-state index contributed by atoms with van der Waals surface area (Å²) in [5.74, 6) is 6.63. The number of aliphatic hydroxyl groups excluding tert-OH is 3. The zero-order valence-corrected chi connectivity index (χ0v) is 17.8. The standard InChI is InChI=1S/C25H27N3O4/c1-17(30)25-26-12-13-28(25)22(14-29)11-4-18-2-5-19(6-3-18)20-7-9-21(10-8-20)27-23-15-32-16-24(23)31/h2-3,5-10,12-13,17,22-24,27,29-31H,14-16H2,1H3/t17-,22-,23+,24+/m0/s1. The van der Waals surface area contributed by atoms with E-state index in [1.54, 1.807) is 23.9 Å². The van der Waals surface area contributed by atoms with E-state index in [0.717, 1.165) is 22.4 Å². The van der Waals surface area contributed by atoms with Crippen molar-refractivity contribution in [2.75, 3.05) is 25.1 Å². The first kappa shape index (κ1) is 22.1. The molecule has 4 N–H and O–H groups in total. The van der Waals surface area contributed by atoms with Crippen LogP contribution in [0.4, 0.5) is 5.69 Å². The smallest absolute Gasteiger partial charge is 0.138 e. The van der Waals surface area contributed by atoms with Crippen LogP contribution in [-0.4, -0.2) is 56.8 Å². The van der Waals surface area contributed by atoms with E-state index >= 15 is 0 Å². The van der Waals surface area contributed by atoms with E-state index in [-0.39, 0.29) is 12.6 Å². The summed E-state index contributed by atoms with van der Waals surface area (Å²) in [5, 5.41) is 32.7. The van der Waals surface area contributed by atoms with Crippen molar-refractivity contribution >= 4 is 5.69 Å². The van der Waals surface area contributed by atoms with Gasteiger partial charge in [-0.25, -0.2) is 4.98 Å². The van der Waals surface area contributed by atoms with E-state index < -0.39 is 18.2 Å². The van der Waals surface area contributed by atoms with Crippen molar-refractivity contribution < 1.29 is 20.1 Å². The highest BCUT2D eigenvalue weighted by molar-refractivity contribution is 5.67. The molecule has 0 spiro atoms. The van der Waals surface area contributed by atoms with Crippen LogP contribution in [-0.2, 0) is 4.74 Å². The molecule has 0 amide bonds. The van der Waals surface area contributed by atoms with Gasteiger partial charge in [0.15, 0.2) is 0 Å². The van der Waals surface area contributed by atoms with Crippen LogP contribution in [0.2, 0.25) is 0 Å². The van der Waals surface area contributed by atoms with Crippen LogP contribution < -0.4 is 5.32 Å². The Morgan fingerprint density at radius 3 is 2.41 bits per heavy atom. The van der Waals surface area contributed by atoms with Crippen molar-refractivity contribution in [2.24, 2.45) is 0 Å². The molecule has 7 nitrogen and oxygen atoms in total. The van der Waals surface area contributed by atoms with Gasteiger partial charge in [0, 0.05) is 23.6 Å². The van der Waals surface area contributed by atoms with Crippen LogP contribution in [0.5, 0.6) is 0 Å². The molecule has 1 aliphatic rings. The summed E-state index contributed by atoms with van der Waals surface area (Å²) in [6.45, 7) is 2.33. The van der Waals surface area contributed by atoms with E-state index in [1.165, 1.54) is 0 Å². The molecule has 0 radical (unpaired) electrons. The molecule has 1 aliphatic heterocycles. The van der Waals surface area contributed by atoms with Crippen LogP contribution in [0.15, 0.2) is 60.9 Å². The minimum Gasteiger partial charge on any atom is -0.393 e. The van der Waals surface area contributed by atoms with Gasteiger partial charge in [0.25, 0.3) is 0 Å². The maximum absolute atomic E-state index is 9.87. The molecule has 0 aliphatic carbocycles. The first-order valence-corrected chi connectivity index (χ1v) is 10.6. The molecule has 4 rings (SSSR count). The van der Waals surface area contributed by atoms with Gasteiger partial charge >= 0.3 is 0 Å². The summed E-state index contributed by atoms with van der Waals surface area (Å²) in [7, 11) is 0. The lowest BCUT2D eigenvalue weighted by Gasteiger charge is -2.16. The third-order valence-electron chi connectivity index (χ3n) is 5.47. The van der Waals surface area contributed by atoms with E-state index in [1.807, 2.05) is 48.5 Å². The van der Waals surface area contributed by atoms with Gasteiger partial charge in [-0.3, -0.25) is 0 Å². The summed E-state index contributed by atoms with van der Waals surface area (Å²) in [6, 6.07) is 15.4. The van der Waals surface area contributed by atoms with Crippen LogP contribution in [0.25, 0.3) is 11.1 Å². The summed E-state index contributed by atoms with van der Waals surface area (Å²) < 4.78 is 6.96. The second kappa shape index (κ2) is 9.98. The molecule has 0 unspecified atom stereocenters. The third kappa shape index (κ3) is 5.01. The molecule has 1 fully saturated rings.